The van der Waals surface area contributed by atoms with E-state index in [0.717, 1.165) is 32.6 Å². The normalized spacial score (nSPS) is 12.9. The molecule has 4 heteroatoms. The highest BCUT2D eigenvalue weighted by Gasteiger charge is 2.11. The van der Waals surface area contributed by atoms with E-state index < -0.39 is 0 Å². The van der Waals surface area contributed by atoms with Crippen LogP contribution in [0.25, 0.3) is 0 Å². The molecule has 0 aliphatic heterocycles. The van der Waals surface area contributed by atoms with E-state index in [4.69, 9.17) is 4.74 Å². The van der Waals surface area contributed by atoms with Crippen molar-refractivity contribution in [3.63, 3.8) is 0 Å². The monoisotopic (exact) mass is 225 g/mol. The number of aromatic nitrogens is 2. The van der Waals surface area contributed by atoms with E-state index in [-0.39, 0.29) is 0 Å². The Kier molecular flexibility index (Phi) is 6.11. The van der Waals surface area contributed by atoms with Crippen LogP contribution in [0.15, 0.2) is 12.4 Å². The SMILES string of the molecule is CCCNC(CCOCC)c1cnn(C)c1. The Morgan fingerprint density at radius 2 is 2.31 bits per heavy atom. The van der Waals surface area contributed by atoms with E-state index >= 15 is 0 Å². The molecule has 4 nitrogen and oxygen atoms in total. The quantitative estimate of drug-likeness (QED) is 0.687. The molecule has 1 atom stereocenters. The average Bonchev–Trinajstić information content (AvgIpc) is 2.70. The Balaban J connectivity index is 2.49. The number of rotatable bonds is 8. The number of ether oxygens (including phenoxy) is 1. The van der Waals surface area contributed by atoms with Crippen LogP contribution in [0.4, 0.5) is 0 Å². The molecule has 1 unspecified atom stereocenters. The molecule has 0 saturated heterocycles. The van der Waals surface area contributed by atoms with Crippen LogP contribution in [0.1, 0.15) is 38.3 Å². The van der Waals surface area contributed by atoms with Gasteiger partial charge in [0, 0.05) is 38.1 Å². The maximum atomic E-state index is 5.41. The summed E-state index contributed by atoms with van der Waals surface area (Å²) in [6.07, 6.45) is 6.14. The summed E-state index contributed by atoms with van der Waals surface area (Å²) in [4.78, 5) is 0. The van der Waals surface area contributed by atoms with Crippen LogP contribution in [0, 0.1) is 0 Å². The average molecular weight is 225 g/mol. The van der Waals surface area contributed by atoms with Crippen molar-refractivity contribution in [2.75, 3.05) is 19.8 Å². The van der Waals surface area contributed by atoms with Gasteiger partial charge < -0.3 is 10.1 Å². The van der Waals surface area contributed by atoms with Crippen LogP contribution < -0.4 is 5.32 Å². The molecule has 0 aliphatic carbocycles. The molecule has 0 fully saturated rings. The lowest BCUT2D eigenvalue weighted by Crippen LogP contribution is -2.23. The molecule has 0 aromatic carbocycles. The molecule has 1 aromatic rings. The second-order valence-electron chi connectivity index (χ2n) is 3.94. The van der Waals surface area contributed by atoms with Crippen molar-refractivity contribution in [1.29, 1.82) is 0 Å². The van der Waals surface area contributed by atoms with Gasteiger partial charge in [-0.05, 0) is 26.3 Å². The molecule has 1 aromatic heterocycles. The third-order valence-corrected chi connectivity index (χ3v) is 2.52. The van der Waals surface area contributed by atoms with Gasteiger partial charge in [-0.25, -0.2) is 0 Å². The Labute approximate surface area is 98.0 Å². The Morgan fingerprint density at radius 1 is 1.50 bits per heavy atom. The molecule has 0 amide bonds. The zero-order valence-electron chi connectivity index (χ0n) is 10.6. The highest BCUT2D eigenvalue weighted by molar-refractivity contribution is 5.10. The van der Waals surface area contributed by atoms with Crippen molar-refractivity contribution >= 4 is 0 Å². The first-order chi connectivity index (χ1) is 7.77. The van der Waals surface area contributed by atoms with Crippen LogP contribution in [0.3, 0.4) is 0 Å². The summed E-state index contributed by atoms with van der Waals surface area (Å²) in [6, 6.07) is 0.361. The minimum absolute atomic E-state index is 0.361. The van der Waals surface area contributed by atoms with E-state index in [1.54, 1.807) is 0 Å². The second kappa shape index (κ2) is 7.41. The smallest absolute Gasteiger partial charge is 0.0537 e. The van der Waals surface area contributed by atoms with Gasteiger partial charge in [0.2, 0.25) is 0 Å². The molecule has 0 bridgehead atoms. The van der Waals surface area contributed by atoms with Gasteiger partial charge in [0.1, 0.15) is 0 Å². The van der Waals surface area contributed by atoms with Gasteiger partial charge in [0.15, 0.2) is 0 Å². The molecular formula is C12H23N3O. The number of nitrogens with zero attached hydrogens (tertiary/aromatic N) is 2. The molecule has 0 aliphatic rings. The van der Waals surface area contributed by atoms with Gasteiger partial charge in [0.25, 0.3) is 0 Å². The minimum atomic E-state index is 0.361. The first kappa shape index (κ1) is 13.2. The van der Waals surface area contributed by atoms with Crippen molar-refractivity contribution in [2.45, 2.75) is 32.7 Å². The molecular weight excluding hydrogens is 202 g/mol. The molecule has 1 N–H and O–H groups in total. The predicted octanol–water partition coefficient (Wildman–Crippen LogP) is 1.89. The summed E-state index contributed by atoms with van der Waals surface area (Å²) in [5.41, 5.74) is 1.25. The molecule has 92 valence electrons. The lowest BCUT2D eigenvalue weighted by Gasteiger charge is -2.16. The molecule has 0 saturated carbocycles. The molecule has 0 spiro atoms. The summed E-state index contributed by atoms with van der Waals surface area (Å²) in [6.45, 7) is 6.82. The van der Waals surface area contributed by atoms with Gasteiger partial charge >= 0.3 is 0 Å². The predicted molar refractivity (Wildman–Crippen MR) is 65.4 cm³/mol. The van der Waals surface area contributed by atoms with Crippen molar-refractivity contribution in [1.82, 2.24) is 15.1 Å². The highest BCUT2D eigenvalue weighted by atomic mass is 16.5. The van der Waals surface area contributed by atoms with Crippen LogP contribution in [-0.2, 0) is 11.8 Å². The molecule has 1 heterocycles. The Morgan fingerprint density at radius 3 is 2.88 bits per heavy atom. The topological polar surface area (TPSA) is 39.1 Å². The van der Waals surface area contributed by atoms with Gasteiger partial charge in [-0.1, -0.05) is 6.92 Å². The Hall–Kier alpha value is -0.870. The summed E-state index contributed by atoms with van der Waals surface area (Å²) in [5, 5.41) is 7.73. The lowest BCUT2D eigenvalue weighted by molar-refractivity contribution is 0.136. The maximum absolute atomic E-state index is 5.41. The van der Waals surface area contributed by atoms with E-state index in [1.165, 1.54) is 5.56 Å². The second-order valence-corrected chi connectivity index (χ2v) is 3.94. The molecule has 16 heavy (non-hydrogen) atoms. The van der Waals surface area contributed by atoms with Crippen molar-refractivity contribution in [2.24, 2.45) is 7.05 Å². The number of hydrogen-bond acceptors (Lipinski definition) is 3. The van der Waals surface area contributed by atoms with E-state index in [0.29, 0.717) is 6.04 Å². The first-order valence-corrected chi connectivity index (χ1v) is 6.07. The molecule has 0 radical (unpaired) electrons. The van der Waals surface area contributed by atoms with Crippen molar-refractivity contribution in [3.05, 3.63) is 18.0 Å². The fourth-order valence-electron chi connectivity index (χ4n) is 1.67. The fraction of sp³-hybridized carbons (Fsp3) is 0.750. The van der Waals surface area contributed by atoms with Gasteiger partial charge in [-0.15, -0.1) is 0 Å². The van der Waals surface area contributed by atoms with Crippen LogP contribution in [-0.4, -0.2) is 29.5 Å². The first-order valence-electron chi connectivity index (χ1n) is 6.07. The van der Waals surface area contributed by atoms with Crippen LogP contribution in [0.2, 0.25) is 0 Å². The Bertz CT molecular complexity index is 286. The summed E-state index contributed by atoms with van der Waals surface area (Å²) >= 11 is 0. The summed E-state index contributed by atoms with van der Waals surface area (Å²) in [5.74, 6) is 0. The number of aryl methyl sites for hydroxylation is 1. The van der Waals surface area contributed by atoms with Crippen LogP contribution in [0.5, 0.6) is 0 Å². The van der Waals surface area contributed by atoms with Gasteiger partial charge in [-0.3, -0.25) is 4.68 Å². The largest absolute Gasteiger partial charge is 0.382 e. The highest BCUT2D eigenvalue weighted by Crippen LogP contribution is 2.15. The van der Waals surface area contributed by atoms with Crippen molar-refractivity contribution < 1.29 is 4.74 Å². The van der Waals surface area contributed by atoms with Crippen LogP contribution >= 0.6 is 0 Å². The summed E-state index contributed by atoms with van der Waals surface area (Å²) in [7, 11) is 1.95. The zero-order chi connectivity index (χ0) is 11.8. The van der Waals surface area contributed by atoms with E-state index in [2.05, 4.69) is 23.5 Å². The third-order valence-electron chi connectivity index (χ3n) is 2.52. The fourth-order valence-corrected chi connectivity index (χ4v) is 1.67. The summed E-state index contributed by atoms with van der Waals surface area (Å²) < 4.78 is 7.25. The van der Waals surface area contributed by atoms with E-state index in [9.17, 15) is 0 Å². The standard InChI is InChI=1S/C12H23N3O/c1-4-7-13-12(6-8-16-5-2)11-9-14-15(3)10-11/h9-10,12-13H,4-8H2,1-3H3. The third kappa shape index (κ3) is 4.33. The van der Waals surface area contributed by atoms with E-state index in [1.807, 2.05) is 24.9 Å². The minimum Gasteiger partial charge on any atom is -0.382 e. The zero-order valence-corrected chi connectivity index (χ0v) is 10.6. The maximum Gasteiger partial charge on any atom is 0.0537 e. The molecule has 1 rings (SSSR count). The van der Waals surface area contributed by atoms with Gasteiger partial charge in [-0.2, -0.15) is 5.10 Å². The lowest BCUT2D eigenvalue weighted by atomic mass is 10.1. The van der Waals surface area contributed by atoms with Crippen molar-refractivity contribution in [3.8, 4) is 0 Å². The van der Waals surface area contributed by atoms with Gasteiger partial charge in [0.05, 0.1) is 6.20 Å². The number of hydrogen-bond donors (Lipinski definition) is 1. The number of nitrogens with one attached hydrogen (secondary N) is 1.